The van der Waals surface area contributed by atoms with Crippen LogP contribution in [0.5, 0.6) is 0 Å². The van der Waals surface area contributed by atoms with E-state index in [1.807, 2.05) is 0 Å². The molecular weight excluding hydrogens is 192 g/mol. The SMILES string of the molecule is NCC(=O)N1CC2CC1CS2(=O)=O. The molecule has 13 heavy (non-hydrogen) atoms. The van der Waals surface area contributed by atoms with Crippen molar-refractivity contribution in [1.82, 2.24) is 4.90 Å². The Labute approximate surface area is 76.8 Å². The van der Waals surface area contributed by atoms with Crippen LogP contribution in [0.15, 0.2) is 0 Å². The minimum absolute atomic E-state index is 0.0245. The summed E-state index contributed by atoms with van der Waals surface area (Å²) in [6, 6.07) is -0.106. The minimum Gasteiger partial charge on any atom is -0.336 e. The molecule has 74 valence electrons. The third-order valence-electron chi connectivity index (χ3n) is 2.80. The largest absolute Gasteiger partial charge is 0.336 e. The first-order valence-electron chi connectivity index (χ1n) is 4.25. The van der Waals surface area contributed by atoms with Gasteiger partial charge in [0, 0.05) is 12.6 Å². The normalized spacial score (nSPS) is 35.3. The molecule has 5 nitrogen and oxygen atoms in total. The fourth-order valence-electron chi connectivity index (χ4n) is 2.12. The molecule has 2 unspecified atom stereocenters. The lowest BCUT2D eigenvalue weighted by atomic mass is 10.2. The molecule has 0 aromatic rings. The van der Waals surface area contributed by atoms with Crippen LogP contribution >= 0.6 is 0 Å². The highest BCUT2D eigenvalue weighted by Gasteiger charge is 2.49. The van der Waals surface area contributed by atoms with Gasteiger partial charge in [0.15, 0.2) is 9.84 Å². The standard InChI is InChI=1S/C7H12N2O3S/c8-2-7(10)9-3-6-1-5(9)4-13(6,11)12/h5-6H,1-4,8H2. The highest BCUT2D eigenvalue weighted by atomic mass is 32.2. The molecule has 2 bridgehead atoms. The number of amides is 1. The number of carbonyl (C=O) groups excluding carboxylic acids is 1. The molecule has 0 radical (unpaired) electrons. The van der Waals surface area contributed by atoms with Crippen molar-refractivity contribution in [3.05, 3.63) is 0 Å². The van der Waals surface area contributed by atoms with Crippen molar-refractivity contribution < 1.29 is 13.2 Å². The van der Waals surface area contributed by atoms with Gasteiger partial charge in [0.1, 0.15) is 0 Å². The van der Waals surface area contributed by atoms with Crippen molar-refractivity contribution >= 4 is 15.7 Å². The molecule has 0 saturated carbocycles. The molecule has 2 aliphatic heterocycles. The lowest BCUT2D eigenvalue weighted by Crippen LogP contribution is -2.46. The van der Waals surface area contributed by atoms with Gasteiger partial charge in [-0.2, -0.15) is 0 Å². The summed E-state index contributed by atoms with van der Waals surface area (Å²) in [4.78, 5) is 12.8. The van der Waals surface area contributed by atoms with Crippen LogP contribution in [-0.4, -0.2) is 49.4 Å². The lowest BCUT2D eigenvalue weighted by Gasteiger charge is -2.26. The molecule has 2 aliphatic rings. The van der Waals surface area contributed by atoms with Gasteiger partial charge < -0.3 is 10.6 Å². The number of likely N-dealkylation sites (tertiary alicyclic amines) is 1. The van der Waals surface area contributed by atoms with Crippen molar-refractivity contribution in [2.75, 3.05) is 18.8 Å². The summed E-state index contributed by atoms with van der Waals surface area (Å²) in [5.41, 5.74) is 5.21. The highest BCUT2D eigenvalue weighted by molar-refractivity contribution is 7.92. The number of fused-ring (bicyclic) bond motifs is 2. The molecule has 0 aliphatic carbocycles. The van der Waals surface area contributed by atoms with Crippen LogP contribution in [0.3, 0.4) is 0 Å². The number of sulfone groups is 1. The van der Waals surface area contributed by atoms with Crippen molar-refractivity contribution in [3.63, 3.8) is 0 Å². The number of hydrogen-bond donors (Lipinski definition) is 1. The zero-order chi connectivity index (χ0) is 9.64. The van der Waals surface area contributed by atoms with Crippen molar-refractivity contribution in [2.45, 2.75) is 17.7 Å². The number of rotatable bonds is 1. The van der Waals surface area contributed by atoms with E-state index in [0.717, 1.165) is 0 Å². The smallest absolute Gasteiger partial charge is 0.236 e. The minimum atomic E-state index is -2.90. The second-order valence-electron chi connectivity index (χ2n) is 3.59. The molecule has 2 N–H and O–H groups in total. The first-order valence-corrected chi connectivity index (χ1v) is 5.97. The fourth-order valence-corrected chi connectivity index (χ4v) is 4.15. The number of nitrogens with zero attached hydrogens (tertiary/aromatic N) is 1. The summed E-state index contributed by atoms with van der Waals surface area (Å²) < 4.78 is 22.6. The Morgan fingerprint density at radius 2 is 2.23 bits per heavy atom. The van der Waals surface area contributed by atoms with Crippen molar-refractivity contribution in [1.29, 1.82) is 0 Å². The molecule has 0 spiro atoms. The Morgan fingerprint density at radius 3 is 2.62 bits per heavy atom. The Hall–Kier alpha value is -0.620. The van der Waals surface area contributed by atoms with Gasteiger partial charge in [0.2, 0.25) is 5.91 Å². The van der Waals surface area contributed by atoms with Crippen LogP contribution in [0.1, 0.15) is 6.42 Å². The van der Waals surface area contributed by atoms with Crippen LogP contribution in [0.2, 0.25) is 0 Å². The van der Waals surface area contributed by atoms with Crippen LogP contribution in [0.25, 0.3) is 0 Å². The predicted molar refractivity (Wildman–Crippen MR) is 46.7 cm³/mol. The van der Waals surface area contributed by atoms with Gasteiger partial charge in [-0.15, -0.1) is 0 Å². The van der Waals surface area contributed by atoms with E-state index < -0.39 is 9.84 Å². The van der Waals surface area contributed by atoms with Gasteiger partial charge in [-0.3, -0.25) is 4.79 Å². The average molecular weight is 204 g/mol. The Bertz CT molecular complexity index is 338. The quantitative estimate of drug-likeness (QED) is 0.554. The maximum atomic E-state index is 11.3. The molecular formula is C7H12N2O3S. The molecule has 2 saturated heterocycles. The monoisotopic (exact) mass is 204 g/mol. The Kier molecular flexibility index (Phi) is 1.85. The number of carbonyl (C=O) groups is 1. The molecule has 6 heteroatoms. The van der Waals surface area contributed by atoms with Gasteiger partial charge in [-0.25, -0.2) is 8.42 Å². The van der Waals surface area contributed by atoms with Gasteiger partial charge in [0.25, 0.3) is 0 Å². The van der Waals surface area contributed by atoms with Gasteiger partial charge in [0.05, 0.1) is 17.5 Å². The van der Waals surface area contributed by atoms with Gasteiger partial charge >= 0.3 is 0 Å². The third-order valence-corrected chi connectivity index (χ3v) is 5.01. The average Bonchev–Trinajstić information content (AvgIpc) is 2.57. The number of nitrogens with two attached hydrogens (primary N) is 1. The molecule has 1 amide bonds. The first kappa shape index (κ1) is 8.96. The van der Waals surface area contributed by atoms with E-state index in [4.69, 9.17) is 5.73 Å². The highest BCUT2D eigenvalue weighted by Crippen LogP contribution is 2.32. The van der Waals surface area contributed by atoms with E-state index >= 15 is 0 Å². The zero-order valence-corrected chi connectivity index (χ0v) is 7.96. The second-order valence-corrected chi connectivity index (χ2v) is 5.92. The first-order chi connectivity index (χ1) is 6.04. The van der Waals surface area contributed by atoms with Crippen LogP contribution < -0.4 is 5.73 Å². The van der Waals surface area contributed by atoms with E-state index in [9.17, 15) is 13.2 Å². The van der Waals surface area contributed by atoms with Crippen LogP contribution in [0, 0.1) is 0 Å². The zero-order valence-electron chi connectivity index (χ0n) is 7.14. The summed E-state index contributed by atoms with van der Waals surface area (Å²) >= 11 is 0. The van der Waals surface area contributed by atoms with E-state index in [-0.39, 0.29) is 29.5 Å². The van der Waals surface area contributed by atoms with Crippen LogP contribution in [-0.2, 0) is 14.6 Å². The molecule has 2 heterocycles. The summed E-state index contributed by atoms with van der Waals surface area (Å²) in [6.07, 6.45) is 0.605. The molecule has 0 aromatic carbocycles. The molecule has 2 rings (SSSR count). The molecule has 2 fully saturated rings. The number of hydrogen-bond acceptors (Lipinski definition) is 4. The summed E-state index contributed by atoms with van der Waals surface area (Å²) in [5, 5.41) is -0.326. The molecule has 0 aromatic heterocycles. The van der Waals surface area contributed by atoms with E-state index in [1.54, 1.807) is 4.90 Å². The van der Waals surface area contributed by atoms with E-state index in [1.165, 1.54) is 0 Å². The van der Waals surface area contributed by atoms with Crippen molar-refractivity contribution in [2.24, 2.45) is 5.73 Å². The summed E-state index contributed by atoms with van der Waals surface area (Å²) in [6.45, 7) is 0.326. The fraction of sp³-hybridized carbons (Fsp3) is 0.857. The summed E-state index contributed by atoms with van der Waals surface area (Å²) in [7, 11) is -2.90. The van der Waals surface area contributed by atoms with Crippen molar-refractivity contribution in [3.8, 4) is 0 Å². The van der Waals surface area contributed by atoms with Gasteiger partial charge in [-0.05, 0) is 6.42 Å². The Balaban J connectivity index is 2.16. The third kappa shape index (κ3) is 1.24. The second kappa shape index (κ2) is 2.68. The lowest BCUT2D eigenvalue weighted by molar-refractivity contribution is -0.130. The predicted octanol–water partition coefficient (Wildman–Crippen LogP) is -1.66. The summed E-state index contributed by atoms with van der Waals surface area (Å²) in [5.74, 6) is -0.00829. The maximum Gasteiger partial charge on any atom is 0.236 e. The maximum absolute atomic E-state index is 11.3. The molecule has 2 atom stereocenters. The van der Waals surface area contributed by atoms with Gasteiger partial charge in [-0.1, -0.05) is 0 Å². The Morgan fingerprint density at radius 1 is 1.54 bits per heavy atom. The van der Waals surface area contributed by atoms with Crippen LogP contribution in [0.4, 0.5) is 0 Å². The topological polar surface area (TPSA) is 80.5 Å². The van der Waals surface area contributed by atoms with E-state index in [0.29, 0.717) is 13.0 Å². The van der Waals surface area contributed by atoms with E-state index in [2.05, 4.69) is 0 Å².